The SMILES string of the molecule is CCn1c(CCNC(=O)[C@@H](C)N)nc2ccccc21.Cl.Cl. The van der Waals surface area contributed by atoms with Gasteiger partial charge in [-0.15, -0.1) is 24.8 Å². The Bertz CT molecular complexity index is 583. The molecule has 0 spiro atoms. The first-order chi connectivity index (χ1) is 9.13. The number of rotatable bonds is 5. The summed E-state index contributed by atoms with van der Waals surface area (Å²) < 4.78 is 2.17. The predicted octanol–water partition coefficient (Wildman–Crippen LogP) is 1.91. The van der Waals surface area contributed by atoms with Crippen LogP contribution in [0.3, 0.4) is 0 Å². The smallest absolute Gasteiger partial charge is 0.236 e. The van der Waals surface area contributed by atoms with Crippen molar-refractivity contribution in [3.8, 4) is 0 Å². The molecule has 0 aliphatic heterocycles. The van der Waals surface area contributed by atoms with E-state index in [1.807, 2.05) is 18.2 Å². The number of nitrogens with zero attached hydrogens (tertiary/aromatic N) is 2. The molecule has 0 aliphatic rings. The lowest BCUT2D eigenvalue weighted by Crippen LogP contribution is -2.39. The first-order valence-electron chi connectivity index (χ1n) is 6.61. The monoisotopic (exact) mass is 332 g/mol. The molecule has 0 radical (unpaired) electrons. The van der Waals surface area contributed by atoms with Gasteiger partial charge in [0.15, 0.2) is 0 Å². The van der Waals surface area contributed by atoms with Crippen LogP contribution in [0.1, 0.15) is 19.7 Å². The molecule has 2 aromatic rings. The Morgan fingerprint density at radius 3 is 2.67 bits per heavy atom. The Morgan fingerprint density at radius 1 is 1.38 bits per heavy atom. The number of carbonyl (C=O) groups excluding carboxylic acids is 1. The van der Waals surface area contributed by atoms with Gasteiger partial charge in [-0.2, -0.15) is 0 Å². The molecule has 0 bridgehead atoms. The Labute approximate surface area is 137 Å². The van der Waals surface area contributed by atoms with E-state index < -0.39 is 6.04 Å². The second-order valence-corrected chi connectivity index (χ2v) is 4.59. The molecule has 1 heterocycles. The van der Waals surface area contributed by atoms with E-state index >= 15 is 0 Å². The molecular formula is C14H22Cl2N4O. The van der Waals surface area contributed by atoms with Gasteiger partial charge in [0.1, 0.15) is 5.82 Å². The van der Waals surface area contributed by atoms with Crippen LogP contribution in [0.4, 0.5) is 0 Å². The highest BCUT2D eigenvalue weighted by molar-refractivity contribution is 5.85. The van der Waals surface area contributed by atoms with Crippen molar-refractivity contribution in [1.82, 2.24) is 14.9 Å². The van der Waals surface area contributed by atoms with Gasteiger partial charge in [-0.1, -0.05) is 12.1 Å². The molecule has 3 N–H and O–H groups in total. The second-order valence-electron chi connectivity index (χ2n) is 4.59. The summed E-state index contributed by atoms with van der Waals surface area (Å²) in [6, 6.07) is 7.60. The van der Waals surface area contributed by atoms with Gasteiger partial charge in [0.25, 0.3) is 0 Å². The van der Waals surface area contributed by atoms with Gasteiger partial charge in [-0.3, -0.25) is 4.79 Å². The van der Waals surface area contributed by atoms with Crippen molar-refractivity contribution in [3.05, 3.63) is 30.1 Å². The lowest BCUT2D eigenvalue weighted by atomic mass is 10.3. The van der Waals surface area contributed by atoms with Gasteiger partial charge >= 0.3 is 0 Å². The molecule has 7 heteroatoms. The van der Waals surface area contributed by atoms with Crippen molar-refractivity contribution >= 4 is 41.8 Å². The van der Waals surface area contributed by atoms with Crippen LogP contribution in [0, 0.1) is 0 Å². The summed E-state index contributed by atoms with van der Waals surface area (Å²) in [6.07, 6.45) is 0.709. The van der Waals surface area contributed by atoms with E-state index in [4.69, 9.17) is 5.73 Å². The second kappa shape index (κ2) is 8.87. The normalized spacial score (nSPS) is 11.4. The zero-order valence-corrected chi connectivity index (χ0v) is 13.8. The van der Waals surface area contributed by atoms with Crippen molar-refractivity contribution in [2.45, 2.75) is 32.9 Å². The number of aryl methyl sites for hydroxylation is 1. The first-order valence-corrected chi connectivity index (χ1v) is 6.61. The summed E-state index contributed by atoms with van der Waals surface area (Å²) in [7, 11) is 0. The van der Waals surface area contributed by atoms with E-state index in [2.05, 4.69) is 27.9 Å². The van der Waals surface area contributed by atoms with E-state index in [1.54, 1.807) is 6.92 Å². The van der Waals surface area contributed by atoms with Gasteiger partial charge in [0.05, 0.1) is 17.1 Å². The number of hydrogen-bond acceptors (Lipinski definition) is 3. The predicted molar refractivity (Wildman–Crippen MR) is 90.3 cm³/mol. The van der Waals surface area contributed by atoms with Gasteiger partial charge < -0.3 is 15.6 Å². The largest absolute Gasteiger partial charge is 0.354 e. The lowest BCUT2D eigenvalue weighted by Gasteiger charge is -2.08. The van der Waals surface area contributed by atoms with Gasteiger partial charge in [0.2, 0.25) is 5.91 Å². The number of amides is 1. The fraction of sp³-hybridized carbons (Fsp3) is 0.429. The number of nitrogens with one attached hydrogen (secondary N) is 1. The minimum Gasteiger partial charge on any atom is -0.354 e. The van der Waals surface area contributed by atoms with Crippen LogP contribution < -0.4 is 11.1 Å². The molecule has 118 valence electrons. The molecule has 21 heavy (non-hydrogen) atoms. The van der Waals surface area contributed by atoms with Crippen LogP contribution >= 0.6 is 24.8 Å². The molecule has 1 aromatic carbocycles. The van der Waals surface area contributed by atoms with E-state index in [1.165, 1.54) is 0 Å². The Balaban J connectivity index is 0.00000200. The highest BCUT2D eigenvalue weighted by atomic mass is 35.5. The Kier molecular flexibility index (Phi) is 8.32. The zero-order chi connectivity index (χ0) is 13.8. The maximum absolute atomic E-state index is 11.4. The summed E-state index contributed by atoms with van der Waals surface area (Å²) in [5, 5.41) is 2.81. The third-order valence-corrected chi connectivity index (χ3v) is 3.11. The molecular weight excluding hydrogens is 311 g/mol. The highest BCUT2D eigenvalue weighted by Crippen LogP contribution is 2.15. The third-order valence-electron chi connectivity index (χ3n) is 3.11. The number of hydrogen-bond donors (Lipinski definition) is 2. The third kappa shape index (κ3) is 4.59. The summed E-state index contributed by atoms with van der Waals surface area (Å²) in [4.78, 5) is 16.0. The van der Waals surface area contributed by atoms with Crippen LogP contribution in [-0.4, -0.2) is 28.0 Å². The zero-order valence-electron chi connectivity index (χ0n) is 12.2. The van der Waals surface area contributed by atoms with Crippen molar-refractivity contribution in [1.29, 1.82) is 0 Å². The summed E-state index contributed by atoms with van der Waals surface area (Å²) in [5.41, 5.74) is 7.64. The van der Waals surface area contributed by atoms with Gasteiger partial charge in [-0.05, 0) is 26.0 Å². The molecule has 1 atom stereocenters. The summed E-state index contributed by atoms with van der Waals surface area (Å²) >= 11 is 0. The quantitative estimate of drug-likeness (QED) is 0.878. The maximum atomic E-state index is 11.4. The van der Waals surface area contributed by atoms with Gasteiger partial charge in [-0.25, -0.2) is 4.98 Å². The molecule has 2 rings (SSSR count). The fourth-order valence-corrected chi connectivity index (χ4v) is 2.13. The lowest BCUT2D eigenvalue weighted by molar-refractivity contribution is -0.121. The molecule has 5 nitrogen and oxygen atoms in total. The van der Waals surface area contributed by atoms with Crippen LogP contribution in [0.25, 0.3) is 11.0 Å². The van der Waals surface area contributed by atoms with E-state index in [0.29, 0.717) is 13.0 Å². The number of fused-ring (bicyclic) bond motifs is 1. The minimum atomic E-state index is -0.468. The first kappa shape index (κ1) is 19.7. The summed E-state index contributed by atoms with van der Waals surface area (Å²) in [5.74, 6) is 0.868. The minimum absolute atomic E-state index is 0. The van der Waals surface area contributed by atoms with Crippen LogP contribution in [0.5, 0.6) is 0 Å². The average Bonchev–Trinajstić information content (AvgIpc) is 2.75. The highest BCUT2D eigenvalue weighted by Gasteiger charge is 2.10. The van der Waals surface area contributed by atoms with Crippen LogP contribution in [-0.2, 0) is 17.8 Å². The van der Waals surface area contributed by atoms with Crippen molar-refractivity contribution in [2.75, 3.05) is 6.54 Å². The van der Waals surface area contributed by atoms with Crippen molar-refractivity contribution in [3.63, 3.8) is 0 Å². The van der Waals surface area contributed by atoms with Crippen molar-refractivity contribution < 1.29 is 4.79 Å². The van der Waals surface area contributed by atoms with E-state index in [-0.39, 0.29) is 30.7 Å². The molecule has 0 saturated heterocycles. The topological polar surface area (TPSA) is 72.9 Å². The molecule has 1 amide bonds. The van der Waals surface area contributed by atoms with Crippen LogP contribution in [0.2, 0.25) is 0 Å². The molecule has 0 aliphatic carbocycles. The maximum Gasteiger partial charge on any atom is 0.236 e. The molecule has 0 unspecified atom stereocenters. The van der Waals surface area contributed by atoms with Crippen molar-refractivity contribution in [2.24, 2.45) is 5.73 Å². The van der Waals surface area contributed by atoms with E-state index in [9.17, 15) is 4.79 Å². The molecule has 0 fully saturated rings. The number of aromatic nitrogens is 2. The summed E-state index contributed by atoms with van der Waals surface area (Å²) in [6.45, 7) is 5.20. The molecule has 0 saturated carbocycles. The fourth-order valence-electron chi connectivity index (χ4n) is 2.13. The van der Waals surface area contributed by atoms with E-state index in [0.717, 1.165) is 23.4 Å². The number of carbonyl (C=O) groups is 1. The number of nitrogens with two attached hydrogens (primary N) is 1. The number of para-hydroxylation sites is 2. The number of imidazole rings is 1. The number of halogens is 2. The standard InChI is InChI=1S/C14H20N4O.2ClH/c1-3-18-12-7-5-4-6-11(12)17-13(18)8-9-16-14(19)10(2)15;;/h4-7,10H,3,8-9,15H2,1-2H3,(H,16,19);2*1H/t10-;;/m1../s1. The van der Waals surface area contributed by atoms with Gasteiger partial charge in [0, 0.05) is 19.5 Å². The van der Waals surface area contributed by atoms with Crippen LogP contribution in [0.15, 0.2) is 24.3 Å². The molecule has 1 aromatic heterocycles. The Morgan fingerprint density at radius 2 is 2.05 bits per heavy atom. The number of benzene rings is 1. The average molecular weight is 333 g/mol. The Hall–Kier alpha value is -1.30.